The van der Waals surface area contributed by atoms with Gasteiger partial charge in [-0.2, -0.15) is 0 Å². The van der Waals surface area contributed by atoms with Gasteiger partial charge >= 0.3 is 12.1 Å². The second kappa shape index (κ2) is 4.54. The fraction of sp³-hybridized carbons (Fsp3) is 0.500. The van der Waals surface area contributed by atoms with Gasteiger partial charge in [0.1, 0.15) is 0 Å². The predicted molar refractivity (Wildman–Crippen MR) is 86.1 cm³/mol. The minimum atomic E-state index is -0.982. The summed E-state index contributed by atoms with van der Waals surface area (Å²) in [7, 11) is 0. The van der Waals surface area contributed by atoms with Crippen molar-refractivity contribution in [1.82, 2.24) is 10.2 Å². The lowest BCUT2D eigenvalue weighted by Crippen LogP contribution is -2.83. The van der Waals surface area contributed by atoms with Crippen molar-refractivity contribution in [3.63, 3.8) is 0 Å². The monoisotopic (exact) mass is 335 g/mol. The second-order valence-corrected chi connectivity index (χ2v) is 7.42. The Bertz CT molecular complexity index is 701. The normalized spacial score (nSPS) is 31.7. The van der Waals surface area contributed by atoms with E-state index in [1.54, 1.807) is 11.0 Å². The van der Waals surface area contributed by atoms with E-state index in [1.165, 1.54) is 0 Å². The Morgan fingerprint density at radius 2 is 2.00 bits per heavy atom. The Balaban J connectivity index is 1.49. The first-order valence-electron chi connectivity index (χ1n) is 7.71. The first-order valence-corrected chi connectivity index (χ1v) is 8.09. The van der Waals surface area contributed by atoms with Crippen LogP contribution in [0, 0.1) is 6.92 Å². The summed E-state index contributed by atoms with van der Waals surface area (Å²) < 4.78 is 0. The molecular formula is C16H18ClN3O3. The number of nitrogens with one attached hydrogen (secondary N) is 1. The highest BCUT2D eigenvalue weighted by molar-refractivity contribution is 6.30. The maximum atomic E-state index is 12.8. The van der Waals surface area contributed by atoms with Crippen LogP contribution in [0.2, 0.25) is 5.02 Å². The van der Waals surface area contributed by atoms with Crippen LogP contribution in [0.5, 0.6) is 0 Å². The molecule has 0 spiro atoms. The van der Waals surface area contributed by atoms with Gasteiger partial charge in [-0.3, -0.25) is 4.90 Å². The van der Waals surface area contributed by atoms with E-state index in [0.717, 1.165) is 30.5 Å². The van der Waals surface area contributed by atoms with Crippen molar-refractivity contribution in [1.29, 1.82) is 0 Å². The van der Waals surface area contributed by atoms with Crippen LogP contribution in [0.3, 0.4) is 0 Å². The van der Waals surface area contributed by atoms with Gasteiger partial charge in [0.25, 0.3) is 0 Å². The molecule has 1 aliphatic heterocycles. The number of nitrogens with zero attached hydrogens (tertiary/aromatic N) is 2. The first kappa shape index (κ1) is 14.6. The summed E-state index contributed by atoms with van der Waals surface area (Å²) in [6, 6.07) is 5.56. The average Bonchev–Trinajstić information content (AvgIpc) is 2.74. The zero-order valence-electron chi connectivity index (χ0n) is 12.8. The second-order valence-electron chi connectivity index (χ2n) is 6.98. The zero-order valence-corrected chi connectivity index (χ0v) is 13.6. The number of benzene rings is 1. The van der Waals surface area contributed by atoms with Crippen LogP contribution in [0.15, 0.2) is 18.2 Å². The van der Waals surface area contributed by atoms with Gasteiger partial charge in [-0.1, -0.05) is 11.6 Å². The highest BCUT2D eigenvalue weighted by Gasteiger charge is 2.72. The van der Waals surface area contributed by atoms with Crippen LogP contribution >= 0.6 is 11.6 Å². The van der Waals surface area contributed by atoms with E-state index in [2.05, 4.69) is 5.32 Å². The molecule has 0 aromatic heterocycles. The number of anilines is 1. The number of hydrogen-bond acceptors (Lipinski definition) is 2. The molecule has 1 aromatic rings. The number of urea groups is 1. The molecule has 4 aliphatic rings. The molecule has 1 aromatic carbocycles. The lowest BCUT2D eigenvalue weighted by molar-refractivity contribution is -0.150. The highest BCUT2D eigenvalue weighted by atomic mass is 35.5. The van der Waals surface area contributed by atoms with E-state index in [4.69, 9.17) is 16.7 Å². The first-order chi connectivity index (χ1) is 10.8. The third kappa shape index (κ3) is 2.01. The summed E-state index contributed by atoms with van der Waals surface area (Å²) >= 11 is 5.99. The predicted octanol–water partition coefficient (Wildman–Crippen LogP) is 2.83. The molecule has 3 aliphatic carbocycles. The fourth-order valence-corrected chi connectivity index (χ4v) is 4.73. The Hall–Kier alpha value is -1.95. The molecule has 3 amide bonds. The van der Waals surface area contributed by atoms with Gasteiger partial charge in [0.15, 0.2) is 0 Å². The summed E-state index contributed by atoms with van der Waals surface area (Å²) in [5.74, 6) is 0. The Labute approximate surface area is 139 Å². The molecule has 23 heavy (non-hydrogen) atoms. The van der Waals surface area contributed by atoms with E-state index in [9.17, 15) is 9.59 Å². The van der Waals surface area contributed by atoms with Gasteiger partial charge in [0, 0.05) is 23.8 Å². The number of carbonyl (C=O) groups is 2. The molecule has 0 radical (unpaired) electrons. The van der Waals surface area contributed by atoms with Crippen molar-refractivity contribution in [2.45, 2.75) is 37.3 Å². The van der Waals surface area contributed by atoms with Crippen LogP contribution in [0.25, 0.3) is 0 Å². The van der Waals surface area contributed by atoms with E-state index in [-0.39, 0.29) is 17.1 Å². The van der Waals surface area contributed by atoms with E-state index in [0.29, 0.717) is 18.1 Å². The minimum Gasteiger partial charge on any atom is -0.465 e. The number of hydrogen-bond donors (Lipinski definition) is 2. The van der Waals surface area contributed by atoms with Crippen molar-refractivity contribution in [3.8, 4) is 0 Å². The van der Waals surface area contributed by atoms with Gasteiger partial charge in [-0.25, -0.2) is 9.59 Å². The number of carboxylic acid groups (broad SMARTS) is 1. The Morgan fingerprint density at radius 1 is 1.30 bits per heavy atom. The SMILES string of the molecule is Cc1cc(Cl)ccc1N1CCN(C23CC(NC(=O)O)(C2)C3)C1=O. The number of amides is 3. The van der Waals surface area contributed by atoms with Crippen LogP contribution in [-0.2, 0) is 0 Å². The van der Waals surface area contributed by atoms with Gasteiger partial charge < -0.3 is 15.3 Å². The van der Waals surface area contributed by atoms with Crippen molar-refractivity contribution in [2.24, 2.45) is 0 Å². The topological polar surface area (TPSA) is 72.9 Å². The molecule has 2 bridgehead atoms. The number of aryl methyl sites for hydroxylation is 1. The standard InChI is InChI=1S/C16H18ClN3O3/c1-10-6-11(17)2-3-12(10)19-4-5-20(14(19)23)16-7-15(8-16,9-16)18-13(21)22/h2-3,6,18H,4-5,7-9H2,1H3,(H,21,22). The molecule has 1 saturated heterocycles. The molecule has 2 N–H and O–H groups in total. The zero-order chi connectivity index (χ0) is 16.4. The van der Waals surface area contributed by atoms with Gasteiger partial charge in [-0.15, -0.1) is 0 Å². The number of halogens is 1. The summed E-state index contributed by atoms with van der Waals surface area (Å²) in [6.45, 7) is 3.29. The highest BCUT2D eigenvalue weighted by Crippen LogP contribution is 2.64. The quantitative estimate of drug-likeness (QED) is 0.892. The molecule has 122 valence electrons. The van der Waals surface area contributed by atoms with Crippen LogP contribution < -0.4 is 10.2 Å². The number of rotatable bonds is 3. The maximum absolute atomic E-state index is 12.8. The van der Waals surface area contributed by atoms with Crippen molar-refractivity contribution < 1.29 is 14.7 Å². The summed E-state index contributed by atoms with van der Waals surface area (Å²) in [5, 5.41) is 12.1. The summed E-state index contributed by atoms with van der Waals surface area (Å²) in [4.78, 5) is 27.3. The Kier molecular flexibility index (Phi) is 2.89. The van der Waals surface area contributed by atoms with Gasteiger partial charge in [-0.05, 0) is 49.9 Å². The van der Waals surface area contributed by atoms with E-state index >= 15 is 0 Å². The third-order valence-electron chi connectivity index (χ3n) is 5.41. The fourth-order valence-electron chi connectivity index (χ4n) is 4.50. The molecule has 7 heteroatoms. The van der Waals surface area contributed by atoms with E-state index in [1.807, 2.05) is 24.0 Å². The average molecular weight is 336 g/mol. The molecule has 1 heterocycles. The largest absolute Gasteiger partial charge is 0.465 e. The summed E-state index contributed by atoms with van der Waals surface area (Å²) in [5.41, 5.74) is 1.44. The van der Waals surface area contributed by atoms with Gasteiger partial charge in [0.05, 0.1) is 11.1 Å². The van der Waals surface area contributed by atoms with Crippen molar-refractivity contribution in [2.75, 3.05) is 18.0 Å². The smallest absolute Gasteiger partial charge is 0.405 e. The third-order valence-corrected chi connectivity index (χ3v) is 5.64. The van der Waals surface area contributed by atoms with Crippen molar-refractivity contribution in [3.05, 3.63) is 28.8 Å². The van der Waals surface area contributed by atoms with Gasteiger partial charge in [0.2, 0.25) is 0 Å². The lowest BCUT2D eigenvalue weighted by atomic mass is 9.43. The molecule has 6 nitrogen and oxygen atoms in total. The minimum absolute atomic E-state index is 0.0130. The molecule has 5 rings (SSSR count). The summed E-state index contributed by atoms with van der Waals surface area (Å²) in [6.07, 6.45) is 1.20. The molecule has 4 fully saturated rings. The Morgan fingerprint density at radius 3 is 2.61 bits per heavy atom. The van der Waals surface area contributed by atoms with Crippen LogP contribution in [0.1, 0.15) is 24.8 Å². The molecule has 0 unspecified atom stereocenters. The van der Waals surface area contributed by atoms with Crippen LogP contribution in [0.4, 0.5) is 15.3 Å². The molecule has 0 atom stereocenters. The van der Waals surface area contributed by atoms with Crippen molar-refractivity contribution >= 4 is 29.4 Å². The van der Waals surface area contributed by atoms with Crippen LogP contribution in [-0.4, -0.2) is 46.3 Å². The lowest BCUT2D eigenvalue weighted by Gasteiger charge is -2.72. The number of carbonyl (C=O) groups excluding carboxylic acids is 1. The maximum Gasteiger partial charge on any atom is 0.405 e. The molecular weight excluding hydrogens is 318 g/mol. The molecule has 3 saturated carbocycles. The van der Waals surface area contributed by atoms with E-state index < -0.39 is 6.09 Å².